The summed E-state index contributed by atoms with van der Waals surface area (Å²) in [5, 5.41) is 0. The number of carbonyl (C=O) groups excluding carboxylic acids is 2. The third kappa shape index (κ3) is 2.75. The Morgan fingerprint density at radius 2 is 2.00 bits per heavy atom. The Morgan fingerprint density at radius 3 is 2.59 bits per heavy atom. The topological polar surface area (TPSA) is 52.6 Å². The number of allylic oxidation sites excluding steroid dienone is 2. The van der Waals surface area contributed by atoms with E-state index in [0.717, 1.165) is 18.9 Å². The molecule has 4 nitrogen and oxygen atoms in total. The van der Waals surface area contributed by atoms with E-state index in [1.807, 2.05) is 0 Å². The highest BCUT2D eigenvalue weighted by molar-refractivity contribution is 5.81. The molecule has 0 unspecified atom stereocenters. The van der Waals surface area contributed by atoms with Crippen molar-refractivity contribution in [3.05, 3.63) is 24.8 Å². The van der Waals surface area contributed by atoms with Gasteiger partial charge in [0.25, 0.3) is 0 Å². The monoisotopic (exact) mass is 236 g/mol. The normalized spacial score (nSPS) is 29.1. The average Bonchev–Trinajstić information content (AvgIpc) is 2.96. The molecule has 2 aliphatic carbocycles. The molecule has 0 spiro atoms. The van der Waals surface area contributed by atoms with Gasteiger partial charge < -0.3 is 9.47 Å². The largest absolute Gasteiger partial charge is 0.462 e. The third-order valence-electron chi connectivity index (χ3n) is 3.32. The summed E-state index contributed by atoms with van der Waals surface area (Å²) in [5.74, 6) is 0.236. The first kappa shape index (κ1) is 11.9. The Balaban J connectivity index is 1.66. The van der Waals surface area contributed by atoms with Gasteiger partial charge in [-0.05, 0) is 24.7 Å². The molecular formula is C13H16O4. The highest BCUT2D eigenvalue weighted by Gasteiger charge is 2.40. The molecule has 0 aliphatic heterocycles. The molecule has 0 amide bonds. The molecule has 1 saturated carbocycles. The minimum atomic E-state index is -0.496. The van der Waals surface area contributed by atoms with Crippen LogP contribution in [0.1, 0.15) is 12.8 Å². The van der Waals surface area contributed by atoms with Crippen LogP contribution in [0.3, 0.4) is 0 Å². The Hall–Kier alpha value is -1.58. The minimum Gasteiger partial charge on any atom is -0.462 e. The number of fused-ring (bicyclic) bond motifs is 2. The smallest absolute Gasteiger partial charge is 0.330 e. The molecule has 0 N–H and O–H groups in total. The van der Waals surface area contributed by atoms with Crippen LogP contribution in [0.25, 0.3) is 0 Å². The molecule has 3 atom stereocenters. The number of hydrogen-bond donors (Lipinski definition) is 0. The van der Waals surface area contributed by atoms with Crippen molar-refractivity contribution in [3.63, 3.8) is 0 Å². The van der Waals surface area contributed by atoms with Crippen LogP contribution in [0.4, 0.5) is 0 Å². The van der Waals surface area contributed by atoms with E-state index in [9.17, 15) is 9.59 Å². The summed E-state index contributed by atoms with van der Waals surface area (Å²) in [6.45, 7) is 3.49. The van der Waals surface area contributed by atoms with Gasteiger partial charge in [-0.25, -0.2) is 4.79 Å². The summed E-state index contributed by atoms with van der Waals surface area (Å²) in [7, 11) is 0. The maximum absolute atomic E-state index is 11.7. The predicted octanol–water partition coefficient (Wildman–Crippen LogP) is 1.47. The Labute approximate surface area is 100 Å². The molecule has 2 aliphatic rings. The molecule has 17 heavy (non-hydrogen) atoms. The zero-order valence-corrected chi connectivity index (χ0v) is 9.63. The minimum absolute atomic E-state index is 0.0000980. The quantitative estimate of drug-likeness (QED) is 0.314. The summed E-state index contributed by atoms with van der Waals surface area (Å²) in [4.78, 5) is 22.5. The van der Waals surface area contributed by atoms with Gasteiger partial charge in [-0.3, -0.25) is 4.79 Å². The molecule has 0 aromatic carbocycles. The van der Waals surface area contributed by atoms with Crippen LogP contribution in [0.15, 0.2) is 24.8 Å². The molecule has 0 saturated heterocycles. The Bertz CT molecular complexity index is 358. The second kappa shape index (κ2) is 5.17. The highest BCUT2D eigenvalue weighted by Crippen LogP contribution is 2.43. The van der Waals surface area contributed by atoms with Gasteiger partial charge in [0.15, 0.2) is 0 Å². The lowest BCUT2D eigenvalue weighted by Crippen LogP contribution is -2.23. The first-order valence-corrected chi connectivity index (χ1v) is 5.85. The van der Waals surface area contributed by atoms with Crippen LogP contribution in [-0.2, 0) is 19.1 Å². The number of ether oxygens (including phenoxy) is 2. The van der Waals surface area contributed by atoms with Crippen molar-refractivity contribution >= 4 is 11.9 Å². The number of rotatable bonds is 5. The van der Waals surface area contributed by atoms with Gasteiger partial charge in [-0.1, -0.05) is 18.7 Å². The molecule has 2 bridgehead atoms. The second-order valence-electron chi connectivity index (χ2n) is 4.43. The van der Waals surface area contributed by atoms with Crippen LogP contribution >= 0.6 is 0 Å². The molecule has 0 heterocycles. The zero-order chi connectivity index (χ0) is 12.3. The van der Waals surface area contributed by atoms with E-state index in [0.29, 0.717) is 11.8 Å². The molecule has 92 valence electrons. The fourth-order valence-electron chi connectivity index (χ4n) is 2.50. The van der Waals surface area contributed by atoms with E-state index in [2.05, 4.69) is 18.7 Å². The molecule has 1 fully saturated rings. The van der Waals surface area contributed by atoms with Crippen LogP contribution in [-0.4, -0.2) is 25.2 Å². The third-order valence-corrected chi connectivity index (χ3v) is 3.32. The van der Waals surface area contributed by atoms with E-state index in [4.69, 9.17) is 9.47 Å². The molecule has 0 aromatic rings. The van der Waals surface area contributed by atoms with Gasteiger partial charge >= 0.3 is 11.9 Å². The van der Waals surface area contributed by atoms with Gasteiger partial charge in [0.1, 0.15) is 13.2 Å². The van der Waals surface area contributed by atoms with Crippen molar-refractivity contribution in [1.29, 1.82) is 0 Å². The Morgan fingerprint density at radius 1 is 1.24 bits per heavy atom. The Kier molecular flexibility index (Phi) is 3.61. The predicted molar refractivity (Wildman–Crippen MR) is 61.0 cm³/mol. The summed E-state index contributed by atoms with van der Waals surface area (Å²) in [5.41, 5.74) is 0. The van der Waals surface area contributed by atoms with E-state index in [-0.39, 0.29) is 25.1 Å². The number of hydrogen-bond acceptors (Lipinski definition) is 4. The fourth-order valence-corrected chi connectivity index (χ4v) is 2.50. The van der Waals surface area contributed by atoms with E-state index >= 15 is 0 Å². The second-order valence-corrected chi connectivity index (χ2v) is 4.43. The van der Waals surface area contributed by atoms with Gasteiger partial charge in [0.05, 0.1) is 5.92 Å². The van der Waals surface area contributed by atoms with Crippen LogP contribution in [0.5, 0.6) is 0 Å². The molecule has 0 radical (unpaired) electrons. The summed E-state index contributed by atoms with van der Waals surface area (Å²) in [6, 6.07) is 0. The zero-order valence-electron chi connectivity index (χ0n) is 9.63. The fraction of sp³-hybridized carbons (Fsp3) is 0.538. The van der Waals surface area contributed by atoms with Crippen molar-refractivity contribution in [2.75, 3.05) is 13.2 Å². The van der Waals surface area contributed by atoms with Crippen LogP contribution in [0, 0.1) is 17.8 Å². The highest BCUT2D eigenvalue weighted by atomic mass is 16.6. The molecule has 4 heteroatoms. The standard InChI is InChI=1S/C13H16O4/c1-2-12(14)16-5-6-17-13(15)11-8-9-3-4-10(11)7-9/h2-4,9-11H,1,5-8H2/t9-,10+,11-/m1/s1. The lowest BCUT2D eigenvalue weighted by atomic mass is 9.94. The maximum Gasteiger partial charge on any atom is 0.330 e. The summed E-state index contributed by atoms with van der Waals surface area (Å²) < 4.78 is 9.81. The first-order valence-electron chi connectivity index (χ1n) is 5.85. The molecule has 2 rings (SSSR count). The van der Waals surface area contributed by atoms with Crippen molar-refractivity contribution in [2.45, 2.75) is 12.8 Å². The molecule has 0 aromatic heterocycles. The van der Waals surface area contributed by atoms with Crippen LogP contribution < -0.4 is 0 Å². The summed E-state index contributed by atoms with van der Waals surface area (Å²) in [6.07, 6.45) is 7.35. The van der Waals surface area contributed by atoms with Crippen LogP contribution in [0.2, 0.25) is 0 Å². The van der Waals surface area contributed by atoms with Gasteiger partial charge in [0.2, 0.25) is 0 Å². The van der Waals surface area contributed by atoms with Gasteiger partial charge in [0, 0.05) is 6.08 Å². The van der Waals surface area contributed by atoms with E-state index in [1.165, 1.54) is 0 Å². The van der Waals surface area contributed by atoms with E-state index < -0.39 is 5.97 Å². The van der Waals surface area contributed by atoms with Gasteiger partial charge in [-0.15, -0.1) is 0 Å². The van der Waals surface area contributed by atoms with Gasteiger partial charge in [-0.2, -0.15) is 0 Å². The maximum atomic E-state index is 11.7. The van der Waals surface area contributed by atoms with Crippen molar-refractivity contribution < 1.29 is 19.1 Å². The number of carbonyl (C=O) groups is 2. The lowest BCUT2D eigenvalue weighted by Gasteiger charge is -2.16. The van der Waals surface area contributed by atoms with Crippen molar-refractivity contribution in [1.82, 2.24) is 0 Å². The first-order chi connectivity index (χ1) is 8.20. The van der Waals surface area contributed by atoms with Crippen molar-refractivity contribution in [3.8, 4) is 0 Å². The average molecular weight is 236 g/mol. The SMILES string of the molecule is C=CC(=O)OCCOC(=O)[C@@H]1C[C@@H]2C=C[C@H]1C2. The lowest BCUT2D eigenvalue weighted by molar-refractivity contribution is -0.154. The summed E-state index contributed by atoms with van der Waals surface area (Å²) >= 11 is 0. The number of esters is 2. The molecular weight excluding hydrogens is 220 g/mol. The van der Waals surface area contributed by atoms with Crippen molar-refractivity contribution in [2.24, 2.45) is 17.8 Å². The van der Waals surface area contributed by atoms with E-state index in [1.54, 1.807) is 0 Å².